The molecule has 1 aromatic carbocycles. The van der Waals surface area contributed by atoms with Gasteiger partial charge >= 0.3 is 0 Å². The summed E-state index contributed by atoms with van der Waals surface area (Å²) in [5, 5.41) is 2.68. The lowest BCUT2D eigenvalue weighted by atomic mass is 10.2. The van der Waals surface area contributed by atoms with Gasteiger partial charge in [0.15, 0.2) is 11.9 Å². The van der Waals surface area contributed by atoms with Crippen LogP contribution in [-0.2, 0) is 4.79 Å². The van der Waals surface area contributed by atoms with Crippen molar-refractivity contribution < 1.29 is 14.3 Å². The summed E-state index contributed by atoms with van der Waals surface area (Å²) in [4.78, 5) is 34.0. The number of amides is 2. The SMILES string of the molecule is Cc1cnc(NC(=O)c2cccc(OC3CCN(C)C3=O)c2)cn1. The van der Waals surface area contributed by atoms with Gasteiger partial charge in [0.1, 0.15) is 5.75 Å². The second kappa shape index (κ2) is 6.66. The number of likely N-dealkylation sites (tertiary alicyclic amines) is 1. The van der Waals surface area contributed by atoms with E-state index in [4.69, 9.17) is 4.74 Å². The summed E-state index contributed by atoms with van der Waals surface area (Å²) in [5.41, 5.74) is 1.20. The zero-order valence-corrected chi connectivity index (χ0v) is 13.5. The molecule has 2 heterocycles. The second-order valence-corrected chi connectivity index (χ2v) is 5.68. The smallest absolute Gasteiger partial charge is 0.263 e. The van der Waals surface area contributed by atoms with E-state index in [1.54, 1.807) is 42.4 Å². The van der Waals surface area contributed by atoms with Gasteiger partial charge < -0.3 is 15.0 Å². The zero-order chi connectivity index (χ0) is 17.1. The summed E-state index contributed by atoms with van der Waals surface area (Å²) in [6, 6.07) is 6.73. The third-order valence-electron chi connectivity index (χ3n) is 3.78. The molecule has 1 aliphatic rings. The van der Waals surface area contributed by atoms with E-state index in [2.05, 4.69) is 15.3 Å². The number of aromatic nitrogens is 2. The first-order valence-electron chi connectivity index (χ1n) is 7.64. The number of hydrogen-bond donors (Lipinski definition) is 1. The largest absolute Gasteiger partial charge is 0.481 e. The molecule has 0 bridgehead atoms. The van der Waals surface area contributed by atoms with Crippen molar-refractivity contribution in [2.45, 2.75) is 19.4 Å². The third-order valence-corrected chi connectivity index (χ3v) is 3.78. The van der Waals surface area contributed by atoms with E-state index >= 15 is 0 Å². The number of anilines is 1. The average molecular weight is 326 g/mol. The normalized spacial score (nSPS) is 17.0. The molecular formula is C17H18N4O3. The van der Waals surface area contributed by atoms with E-state index in [1.807, 2.05) is 6.92 Å². The molecule has 3 rings (SSSR count). The molecule has 124 valence electrons. The highest BCUT2D eigenvalue weighted by atomic mass is 16.5. The predicted octanol–water partition coefficient (Wildman–Crippen LogP) is 1.65. The highest BCUT2D eigenvalue weighted by Gasteiger charge is 2.30. The van der Waals surface area contributed by atoms with Gasteiger partial charge in [0, 0.05) is 25.6 Å². The third kappa shape index (κ3) is 3.51. The van der Waals surface area contributed by atoms with E-state index in [9.17, 15) is 9.59 Å². The van der Waals surface area contributed by atoms with Crippen LogP contribution in [0.15, 0.2) is 36.7 Å². The lowest BCUT2D eigenvalue weighted by Crippen LogP contribution is -2.29. The molecule has 0 aliphatic carbocycles. The van der Waals surface area contributed by atoms with E-state index in [0.29, 0.717) is 30.1 Å². The van der Waals surface area contributed by atoms with Crippen LogP contribution in [0.3, 0.4) is 0 Å². The summed E-state index contributed by atoms with van der Waals surface area (Å²) in [5.74, 6) is 0.518. The van der Waals surface area contributed by atoms with Crippen LogP contribution in [0.2, 0.25) is 0 Å². The summed E-state index contributed by atoms with van der Waals surface area (Å²) < 4.78 is 5.72. The van der Waals surface area contributed by atoms with E-state index in [1.165, 1.54) is 6.20 Å². The first-order chi connectivity index (χ1) is 11.5. The Kier molecular flexibility index (Phi) is 4.41. The van der Waals surface area contributed by atoms with Crippen molar-refractivity contribution in [2.75, 3.05) is 18.9 Å². The molecule has 0 saturated carbocycles. The number of carbonyl (C=O) groups excluding carboxylic acids is 2. The molecule has 7 nitrogen and oxygen atoms in total. The van der Waals surface area contributed by atoms with Gasteiger partial charge in [-0.05, 0) is 25.1 Å². The predicted molar refractivity (Wildman–Crippen MR) is 87.8 cm³/mol. The lowest BCUT2D eigenvalue weighted by Gasteiger charge is -2.13. The Bertz CT molecular complexity index is 761. The molecule has 1 atom stereocenters. The number of carbonyl (C=O) groups is 2. The Morgan fingerprint density at radius 1 is 1.33 bits per heavy atom. The summed E-state index contributed by atoms with van der Waals surface area (Å²) in [6.45, 7) is 2.50. The Morgan fingerprint density at radius 2 is 2.17 bits per heavy atom. The van der Waals surface area contributed by atoms with Crippen LogP contribution in [0.4, 0.5) is 5.82 Å². The zero-order valence-electron chi connectivity index (χ0n) is 13.5. The van der Waals surface area contributed by atoms with Crippen LogP contribution in [0, 0.1) is 6.92 Å². The van der Waals surface area contributed by atoms with Crippen LogP contribution in [-0.4, -0.2) is 46.4 Å². The molecule has 0 radical (unpaired) electrons. The Hall–Kier alpha value is -2.96. The average Bonchev–Trinajstić information content (AvgIpc) is 2.89. The number of rotatable bonds is 4. The van der Waals surface area contributed by atoms with Gasteiger partial charge in [-0.2, -0.15) is 0 Å². The fraction of sp³-hybridized carbons (Fsp3) is 0.294. The quantitative estimate of drug-likeness (QED) is 0.923. The second-order valence-electron chi connectivity index (χ2n) is 5.68. The number of nitrogens with one attached hydrogen (secondary N) is 1. The van der Waals surface area contributed by atoms with Gasteiger partial charge in [-0.3, -0.25) is 14.6 Å². The summed E-state index contributed by atoms with van der Waals surface area (Å²) in [7, 11) is 1.75. The minimum absolute atomic E-state index is 0.0419. The fourth-order valence-corrected chi connectivity index (χ4v) is 2.42. The van der Waals surface area contributed by atoms with Crippen molar-refractivity contribution in [1.82, 2.24) is 14.9 Å². The van der Waals surface area contributed by atoms with Gasteiger partial charge in [-0.1, -0.05) is 6.07 Å². The van der Waals surface area contributed by atoms with Gasteiger partial charge in [-0.15, -0.1) is 0 Å². The molecule has 1 saturated heterocycles. The van der Waals surface area contributed by atoms with E-state index in [0.717, 1.165) is 5.69 Å². The van der Waals surface area contributed by atoms with Crippen LogP contribution in [0.5, 0.6) is 5.75 Å². The number of aryl methyl sites for hydroxylation is 1. The maximum absolute atomic E-state index is 12.3. The summed E-state index contributed by atoms with van der Waals surface area (Å²) in [6.07, 6.45) is 3.24. The molecule has 0 spiro atoms. The molecule has 1 N–H and O–H groups in total. The maximum atomic E-state index is 12.3. The van der Waals surface area contributed by atoms with Crippen LogP contribution < -0.4 is 10.1 Å². The van der Waals surface area contributed by atoms with Crippen molar-refractivity contribution in [1.29, 1.82) is 0 Å². The van der Waals surface area contributed by atoms with Crippen LogP contribution in [0.25, 0.3) is 0 Å². The molecule has 1 fully saturated rings. The molecule has 7 heteroatoms. The molecule has 1 aliphatic heterocycles. The molecule has 1 aromatic heterocycles. The Morgan fingerprint density at radius 3 is 2.83 bits per heavy atom. The standard InChI is InChI=1S/C17H18N4O3/c1-11-9-19-15(10-18-11)20-16(22)12-4-3-5-13(8-12)24-14-6-7-21(2)17(14)23/h3-5,8-10,14H,6-7H2,1-2H3,(H,19,20,22). The minimum atomic E-state index is -0.490. The van der Waals surface area contributed by atoms with Gasteiger partial charge in [0.05, 0.1) is 18.1 Å². The lowest BCUT2D eigenvalue weighted by molar-refractivity contribution is -0.132. The highest BCUT2D eigenvalue weighted by Crippen LogP contribution is 2.20. The van der Waals surface area contributed by atoms with Gasteiger partial charge in [0.2, 0.25) is 0 Å². The van der Waals surface area contributed by atoms with Crippen LogP contribution >= 0.6 is 0 Å². The monoisotopic (exact) mass is 326 g/mol. The first-order valence-corrected chi connectivity index (χ1v) is 7.64. The minimum Gasteiger partial charge on any atom is -0.481 e. The van der Waals surface area contributed by atoms with Crippen LogP contribution in [0.1, 0.15) is 22.5 Å². The van der Waals surface area contributed by atoms with Crippen molar-refractivity contribution in [3.8, 4) is 5.75 Å². The molecule has 2 amide bonds. The molecule has 1 unspecified atom stereocenters. The van der Waals surface area contributed by atoms with E-state index in [-0.39, 0.29) is 11.8 Å². The van der Waals surface area contributed by atoms with Crippen molar-refractivity contribution in [3.05, 3.63) is 47.9 Å². The summed E-state index contributed by atoms with van der Waals surface area (Å²) >= 11 is 0. The first kappa shape index (κ1) is 15.9. The van der Waals surface area contributed by atoms with Gasteiger partial charge in [-0.25, -0.2) is 4.98 Å². The Labute approximate surface area is 139 Å². The Balaban J connectivity index is 1.69. The number of benzene rings is 1. The molecule has 2 aromatic rings. The van der Waals surface area contributed by atoms with Crippen molar-refractivity contribution >= 4 is 17.6 Å². The van der Waals surface area contributed by atoms with Gasteiger partial charge in [0.25, 0.3) is 11.8 Å². The highest BCUT2D eigenvalue weighted by molar-refractivity contribution is 6.03. The molecule has 24 heavy (non-hydrogen) atoms. The number of nitrogens with zero attached hydrogens (tertiary/aromatic N) is 3. The number of ether oxygens (including phenoxy) is 1. The fourth-order valence-electron chi connectivity index (χ4n) is 2.42. The molecular weight excluding hydrogens is 308 g/mol. The topological polar surface area (TPSA) is 84.4 Å². The van der Waals surface area contributed by atoms with E-state index < -0.39 is 6.10 Å². The number of likely N-dealkylation sites (N-methyl/N-ethyl adjacent to an activating group) is 1. The van der Waals surface area contributed by atoms with Crippen molar-refractivity contribution in [2.24, 2.45) is 0 Å². The van der Waals surface area contributed by atoms with Crippen molar-refractivity contribution in [3.63, 3.8) is 0 Å². The maximum Gasteiger partial charge on any atom is 0.263 e. The number of hydrogen-bond acceptors (Lipinski definition) is 5.